The second-order valence-corrected chi connectivity index (χ2v) is 4.41. The zero-order valence-electron chi connectivity index (χ0n) is 10.0. The van der Waals surface area contributed by atoms with Crippen LogP contribution in [0.25, 0.3) is 0 Å². The van der Waals surface area contributed by atoms with Crippen LogP contribution in [0.2, 0.25) is 5.02 Å². The van der Waals surface area contributed by atoms with Gasteiger partial charge in [-0.2, -0.15) is 13.2 Å². The number of ketones is 1. The maximum Gasteiger partial charge on any atom is 0.390 e. The molecule has 0 aliphatic heterocycles. The number of nitrogens with zero attached hydrogens (tertiary/aromatic N) is 1. The number of Topliss-reactive ketones (excluding diaryl/α,β-unsaturated/α-hetero) is 1. The third-order valence-electron chi connectivity index (χ3n) is 2.50. The van der Waals surface area contributed by atoms with E-state index in [0.29, 0.717) is 11.3 Å². The predicted molar refractivity (Wildman–Crippen MR) is 65.4 cm³/mol. The van der Waals surface area contributed by atoms with Crippen molar-refractivity contribution in [2.75, 3.05) is 18.5 Å². The monoisotopic (exact) mass is 279 g/mol. The SMILES string of the molecule is CC(=O)c1ccc(N(C)CCC(F)(F)F)cc1Cl. The summed E-state index contributed by atoms with van der Waals surface area (Å²) in [6, 6.07) is 4.59. The molecule has 1 rings (SSSR count). The highest BCUT2D eigenvalue weighted by Crippen LogP contribution is 2.25. The van der Waals surface area contributed by atoms with Gasteiger partial charge in [0.15, 0.2) is 5.78 Å². The number of benzene rings is 1. The first-order valence-corrected chi connectivity index (χ1v) is 5.67. The molecule has 0 amide bonds. The third kappa shape index (κ3) is 4.22. The van der Waals surface area contributed by atoms with E-state index >= 15 is 0 Å². The number of rotatable bonds is 4. The summed E-state index contributed by atoms with van der Waals surface area (Å²) in [5.74, 6) is -0.176. The predicted octanol–water partition coefficient (Wildman–Crippen LogP) is 3.93. The van der Waals surface area contributed by atoms with Gasteiger partial charge in [0.25, 0.3) is 0 Å². The van der Waals surface area contributed by atoms with E-state index in [2.05, 4.69) is 0 Å². The van der Waals surface area contributed by atoms with E-state index in [1.54, 1.807) is 13.1 Å². The van der Waals surface area contributed by atoms with Gasteiger partial charge in [0, 0.05) is 24.8 Å². The maximum atomic E-state index is 12.1. The second kappa shape index (κ2) is 5.61. The van der Waals surface area contributed by atoms with Gasteiger partial charge < -0.3 is 4.90 Å². The molecule has 0 saturated heterocycles. The fourth-order valence-electron chi connectivity index (χ4n) is 1.45. The van der Waals surface area contributed by atoms with Gasteiger partial charge in [-0.25, -0.2) is 0 Å². The smallest absolute Gasteiger partial charge is 0.374 e. The van der Waals surface area contributed by atoms with Crippen LogP contribution in [0.4, 0.5) is 18.9 Å². The van der Waals surface area contributed by atoms with Crippen molar-refractivity contribution < 1.29 is 18.0 Å². The maximum absolute atomic E-state index is 12.1. The molecule has 0 bridgehead atoms. The zero-order chi connectivity index (χ0) is 13.9. The number of alkyl halides is 3. The van der Waals surface area contributed by atoms with Crippen LogP contribution in [-0.4, -0.2) is 25.6 Å². The standard InChI is InChI=1S/C12H13ClF3NO/c1-8(18)10-4-3-9(7-11(10)13)17(2)6-5-12(14,15)16/h3-4,7H,5-6H2,1-2H3. The fourth-order valence-corrected chi connectivity index (χ4v) is 1.76. The lowest BCUT2D eigenvalue weighted by Crippen LogP contribution is -2.24. The summed E-state index contributed by atoms with van der Waals surface area (Å²) >= 11 is 5.89. The van der Waals surface area contributed by atoms with Crippen LogP contribution >= 0.6 is 11.6 Å². The van der Waals surface area contributed by atoms with Gasteiger partial charge in [-0.05, 0) is 25.1 Å². The van der Waals surface area contributed by atoms with Gasteiger partial charge in [0.2, 0.25) is 0 Å². The van der Waals surface area contributed by atoms with Gasteiger partial charge in [0.1, 0.15) is 0 Å². The molecule has 0 aliphatic rings. The largest absolute Gasteiger partial charge is 0.390 e. The van der Waals surface area contributed by atoms with Crippen molar-refractivity contribution >= 4 is 23.1 Å². The van der Waals surface area contributed by atoms with Gasteiger partial charge in [0.05, 0.1) is 11.4 Å². The summed E-state index contributed by atoms with van der Waals surface area (Å²) in [5, 5.41) is 0.249. The van der Waals surface area contributed by atoms with Gasteiger partial charge >= 0.3 is 6.18 Å². The fraction of sp³-hybridized carbons (Fsp3) is 0.417. The van der Waals surface area contributed by atoms with Crippen LogP contribution in [0.5, 0.6) is 0 Å². The Morgan fingerprint density at radius 1 is 1.39 bits per heavy atom. The minimum atomic E-state index is -4.18. The molecule has 1 aromatic carbocycles. The topological polar surface area (TPSA) is 20.3 Å². The number of hydrogen-bond acceptors (Lipinski definition) is 2. The molecule has 0 heterocycles. The Hall–Kier alpha value is -1.23. The minimum Gasteiger partial charge on any atom is -0.374 e. The van der Waals surface area contributed by atoms with Crippen LogP contribution in [0, 0.1) is 0 Å². The minimum absolute atomic E-state index is 0.154. The van der Waals surface area contributed by atoms with Crippen LogP contribution in [0.3, 0.4) is 0 Å². The summed E-state index contributed by atoms with van der Waals surface area (Å²) in [5.41, 5.74) is 0.916. The molecule has 18 heavy (non-hydrogen) atoms. The number of halogens is 4. The average molecular weight is 280 g/mol. The molecule has 6 heteroatoms. The first kappa shape index (κ1) is 14.8. The van der Waals surface area contributed by atoms with Crippen molar-refractivity contribution in [1.82, 2.24) is 0 Å². The summed E-state index contributed by atoms with van der Waals surface area (Å²) in [6.07, 6.45) is -5.08. The number of anilines is 1. The van der Waals surface area contributed by atoms with E-state index in [0.717, 1.165) is 0 Å². The highest BCUT2D eigenvalue weighted by atomic mass is 35.5. The van der Waals surface area contributed by atoms with Crippen molar-refractivity contribution in [3.8, 4) is 0 Å². The first-order chi connectivity index (χ1) is 8.20. The molecule has 1 aromatic rings. The molecule has 0 aromatic heterocycles. The molecule has 0 aliphatic carbocycles. The summed E-state index contributed by atoms with van der Waals surface area (Å²) in [7, 11) is 1.55. The summed E-state index contributed by atoms with van der Waals surface area (Å²) < 4.78 is 36.3. The molecule has 0 fully saturated rings. The molecule has 2 nitrogen and oxygen atoms in total. The number of carbonyl (C=O) groups is 1. The number of hydrogen-bond donors (Lipinski definition) is 0. The van der Waals surface area contributed by atoms with Crippen LogP contribution in [0.15, 0.2) is 18.2 Å². The molecule has 0 spiro atoms. The van der Waals surface area contributed by atoms with Crippen LogP contribution in [-0.2, 0) is 0 Å². The van der Waals surface area contributed by atoms with Crippen molar-refractivity contribution in [3.05, 3.63) is 28.8 Å². The highest BCUT2D eigenvalue weighted by Gasteiger charge is 2.27. The van der Waals surface area contributed by atoms with Gasteiger partial charge in [-0.3, -0.25) is 4.79 Å². The molecular formula is C12H13ClF3NO. The van der Waals surface area contributed by atoms with E-state index < -0.39 is 12.6 Å². The van der Waals surface area contributed by atoms with Crippen molar-refractivity contribution in [3.63, 3.8) is 0 Å². The van der Waals surface area contributed by atoms with E-state index in [9.17, 15) is 18.0 Å². The molecule has 0 radical (unpaired) electrons. The number of carbonyl (C=O) groups excluding carboxylic acids is 1. The van der Waals surface area contributed by atoms with Gasteiger partial charge in [-0.1, -0.05) is 11.6 Å². The molecule has 0 unspecified atom stereocenters. The lowest BCUT2D eigenvalue weighted by atomic mass is 10.1. The lowest BCUT2D eigenvalue weighted by Gasteiger charge is -2.20. The Labute approximate surface area is 108 Å². The average Bonchev–Trinajstić information content (AvgIpc) is 2.24. The van der Waals surface area contributed by atoms with E-state index in [-0.39, 0.29) is 17.4 Å². The molecule has 0 saturated carbocycles. The Balaban J connectivity index is 2.78. The molecule has 100 valence electrons. The Bertz CT molecular complexity index is 445. The Morgan fingerprint density at radius 3 is 2.44 bits per heavy atom. The van der Waals surface area contributed by atoms with E-state index in [1.807, 2.05) is 0 Å². The highest BCUT2D eigenvalue weighted by molar-refractivity contribution is 6.34. The van der Waals surface area contributed by atoms with Gasteiger partial charge in [-0.15, -0.1) is 0 Å². The molecule has 0 N–H and O–H groups in total. The Morgan fingerprint density at radius 2 is 2.00 bits per heavy atom. The molecular weight excluding hydrogens is 267 g/mol. The normalized spacial score (nSPS) is 11.4. The van der Waals surface area contributed by atoms with Crippen LogP contribution < -0.4 is 4.90 Å². The summed E-state index contributed by atoms with van der Waals surface area (Å²) in [6.45, 7) is 1.23. The van der Waals surface area contributed by atoms with Crippen molar-refractivity contribution in [2.24, 2.45) is 0 Å². The summed E-state index contributed by atoms with van der Waals surface area (Å²) in [4.78, 5) is 12.6. The van der Waals surface area contributed by atoms with Crippen molar-refractivity contribution in [1.29, 1.82) is 0 Å². The quantitative estimate of drug-likeness (QED) is 0.778. The van der Waals surface area contributed by atoms with E-state index in [4.69, 9.17) is 11.6 Å². The van der Waals surface area contributed by atoms with Crippen LogP contribution in [0.1, 0.15) is 23.7 Å². The first-order valence-electron chi connectivity index (χ1n) is 5.29. The van der Waals surface area contributed by atoms with E-state index in [1.165, 1.54) is 24.0 Å². The third-order valence-corrected chi connectivity index (χ3v) is 2.82. The molecule has 0 atom stereocenters. The lowest BCUT2D eigenvalue weighted by molar-refractivity contribution is -0.132. The second-order valence-electron chi connectivity index (χ2n) is 4.01. The van der Waals surface area contributed by atoms with Crippen molar-refractivity contribution in [2.45, 2.75) is 19.5 Å². The Kier molecular flexibility index (Phi) is 4.62. The zero-order valence-corrected chi connectivity index (χ0v) is 10.8.